The second-order valence-electron chi connectivity index (χ2n) is 4.95. The van der Waals surface area contributed by atoms with Gasteiger partial charge in [-0.1, -0.05) is 39.2 Å². The second kappa shape index (κ2) is 8.80. The third-order valence-corrected chi connectivity index (χ3v) is 3.37. The molecule has 0 heterocycles. The molecule has 0 aromatic heterocycles. The number of benzene rings is 1. The fraction of sp³-hybridized carbons (Fsp3) is 0.562. The number of hydrogen-bond acceptors (Lipinski definition) is 2. The summed E-state index contributed by atoms with van der Waals surface area (Å²) in [6.45, 7) is 4.37. The zero-order chi connectivity index (χ0) is 15.0. The molecule has 0 radical (unpaired) electrons. The number of unbranched alkanes of at least 4 members (excludes halogenated alkanes) is 1. The zero-order valence-corrected chi connectivity index (χ0v) is 12.1. The van der Waals surface area contributed by atoms with Gasteiger partial charge in [0.25, 0.3) is 0 Å². The zero-order valence-electron chi connectivity index (χ0n) is 12.1. The molecule has 0 fully saturated rings. The number of Topliss-reactive ketones (excluding diaryl/α,β-unsaturated/α-hetero) is 1. The van der Waals surface area contributed by atoms with Crippen molar-refractivity contribution in [1.82, 2.24) is 0 Å². The number of ether oxygens (including phenoxy) is 1. The maximum Gasteiger partial charge on any atom is 0.194 e. The summed E-state index contributed by atoms with van der Waals surface area (Å²) in [5.74, 6) is -1.92. The van der Waals surface area contributed by atoms with Crippen LogP contribution in [-0.4, -0.2) is 19.0 Å². The first-order valence-electron chi connectivity index (χ1n) is 7.15. The maximum absolute atomic E-state index is 13.4. The van der Waals surface area contributed by atoms with E-state index in [1.807, 2.05) is 0 Å². The van der Waals surface area contributed by atoms with Gasteiger partial charge in [-0.15, -0.1) is 0 Å². The lowest BCUT2D eigenvalue weighted by molar-refractivity contribution is 0.0651. The minimum Gasteiger partial charge on any atom is -0.373 e. The Kier molecular flexibility index (Phi) is 7.37. The second-order valence-corrected chi connectivity index (χ2v) is 4.95. The van der Waals surface area contributed by atoms with Crippen LogP contribution >= 0.6 is 0 Å². The molecule has 2 nitrogen and oxygen atoms in total. The molecule has 112 valence electrons. The van der Waals surface area contributed by atoms with Crippen molar-refractivity contribution in [3.63, 3.8) is 0 Å². The van der Waals surface area contributed by atoms with Gasteiger partial charge >= 0.3 is 0 Å². The van der Waals surface area contributed by atoms with Gasteiger partial charge in [0.05, 0.1) is 5.56 Å². The Bertz CT molecular complexity index is 412. The third-order valence-electron chi connectivity index (χ3n) is 3.37. The largest absolute Gasteiger partial charge is 0.373 e. The van der Waals surface area contributed by atoms with Crippen LogP contribution in [0.4, 0.5) is 8.78 Å². The van der Waals surface area contributed by atoms with Crippen molar-refractivity contribution in [3.8, 4) is 0 Å². The molecule has 1 atom stereocenters. The van der Waals surface area contributed by atoms with Gasteiger partial charge in [-0.05, 0) is 24.5 Å². The van der Waals surface area contributed by atoms with Gasteiger partial charge in [-0.2, -0.15) is 0 Å². The van der Waals surface area contributed by atoms with E-state index in [1.54, 1.807) is 0 Å². The Morgan fingerprint density at radius 3 is 2.45 bits per heavy atom. The van der Waals surface area contributed by atoms with Gasteiger partial charge in [0.2, 0.25) is 0 Å². The van der Waals surface area contributed by atoms with E-state index in [0.29, 0.717) is 12.5 Å². The number of carbonyl (C=O) groups is 1. The van der Waals surface area contributed by atoms with Crippen molar-refractivity contribution in [2.45, 2.75) is 39.5 Å². The van der Waals surface area contributed by atoms with Crippen molar-refractivity contribution in [1.29, 1.82) is 0 Å². The Morgan fingerprint density at radius 1 is 1.25 bits per heavy atom. The average Bonchev–Trinajstić information content (AvgIpc) is 2.42. The van der Waals surface area contributed by atoms with Gasteiger partial charge < -0.3 is 4.74 Å². The van der Waals surface area contributed by atoms with E-state index in [-0.39, 0.29) is 6.61 Å². The minimum atomic E-state index is -0.836. The van der Waals surface area contributed by atoms with E-state index in [0.717, 1.165) is 37.8 Å². The highest BCUT2D eigenvalue weighted by molar-refractivity contribution is 5.97. The number of ketones is 1. The first kappa shape index (κ1) is 16.8. The summed E-state index contributed by atoms with van der Waals surface area (Å²) < 4.78 is 32.1. The highest BCUT2D eigenvalue weighted by atomic mass is 19.1. The maximum atomic E-state index is 13.4. The van der Waals surface area contributed by atoms with Crippen LogP contribution in [0, 0.1) is 17.6 Å². The molecule has 0 bridgehead atoms. The fourth-order valence-electron chi connectivity index (χ4n) is 2.05. The van der Waals surface area contributed by atoms with Crippen LogP contribution in [0.5, 0.6) is 0 Å². The molecular weight excluding hydrogens is 262 g/mol. The number of rotatable bonds is 9. The molecule has 0 saturated heterocycles. The van der Waals surface area contributed by atoms with E-state index < -0.39 is 23.0 Å². The van der Waals surface area contributed by atoms with E-state index in [4.69, 9.17) is 4.74 Å². The molecule has 0 amide bonds. The standard InChI is InChI=1S/C16H22F2O2/c1-3-5-7-12(4-2)10-20-11-15(19)16-13(17)8-6-9-14(16)18/h6,8-9,12H,3-5,7,10-11H2,1-2H3. The summed E-state index contributed by atoms with van der Waals surface area (Å²) in [6.07, 6.45) is 4.27. The summed E-state index contributed by atoms with van der Waals surface area (Å²) in [5.41, 5.74) is -0.505. The quantitative estimate of drug-likeness (QED) is 0.629. The first-order valence-corrected chi connectivity index (χ1v) is 7.15. The first-order chi connectivity index (χ1) is 9.60. The van der Waals surface area contributed by atoms with E-state index in [2.05, 4.69) is 13.8 Å². The lowest BCUT2D eigenvalue weighted by Crippen LogP contribution is -2.17. The Hall–Kier alpha value is -1.29. The summed E-state index contributed by atoms with van der Waals surface area (Å²) in [4.78, 5) is 11.8. The molecule has 1 aromatic carbocycles. The predicted octanol–water partition coefficient (Wildman–Crippen LogP) is 4.38. The van der Waals surface area contributed by atoms with Crippen LogP contribution in [0.2, 0.25) is 0 Å². The molecule has 0 saturated carbocycles. The summed E-state index contributed by atoms with van der Waals surface area (Å²) in [7, 11) is 0. The highest BCUT2D eigenvalue weighted by Gasteiger charge is 2.17. The van der Waals surface area contributed by atoms with Gasteiger partial charge in [0.15, 0.2) is 5.78 Å². The van der Waals surface area contributed by atoms with Gasteiger partial charge in [0.1, 0.15) is 18.2 Å². The van der Waals surface area contributed by atoms with Crippen LogP contribution in [0.25, 0.3) is 0 Å². The van der Waals surface area contributed by atoms with E-state index in [1.165, 1.54) is 6.07 Å². The van der Waals surface area contributed by atoms with Crippen LogP contribution in [-0.2, 0) is 4.74 Å². The topological polar surface area (TPSA) is 26.3 Å². The van der Waals surface area contributed by atoms with Crippen LogP contribution in [0.1, 0.15) is 49.9 Å². The summed E-state index contributed by atoms with van der Waals surface area (Å²) in [5, 5.41) is 0. The number of hydrogen-bond donors (Lipinski definition) is 0. The lowest BCUT2D eigenvalue weighted by atomic mass is 10.0. The van der Waals surface area contributed by atoms with Gasteiger partial charge in [0, 0.05) is 6.61 Å². The lowest BCUT2D eigenvalue weighted by Gasteiger charge is -2.14. The fourth-order valence-corrected chi connectivity index (χ4v) is 2.05. The van der Waals surface area contributed by atoms with Crippen LogP contribution < -0.4 is 0 Å². The van der Waals surface area contributed by atoms with Gasteiger partial charge in [-0.25, -0.2) is 8.78 Å². The number of halogens is 2. The molecule has 1 aromatic rings. The molecule has 20 heavy (non-hydrogen) atoms. The van der Waals surface area contributed by atoms with Crippen molar-refractivity contribution in [3.05, 3.63) is 35.4 Å². The third kappa shape index (κ3) is 5.00. The van der Waals surface area contributed by atoms with Crippen LogP contribution in [0.15, 0.2) is 18.2 Å². The molecule has 1 rings (SSSR count). The Labute approximate surface area is 119 Å². The van der Waals surface area contributed by atoms with Crippen molar-refractivity contribution < 1.29 is 18.3 Å². The summed E-state index contributed by atoms with van der Waals surface area (Å²) in [6, 6.07) is 3.39. The van der Waals surface area contributed by atoms with E-state index in [9.17, 15) is 13.6 Å². The molecule has 0 spiro atoms. The Balaban J connectivity index is 2.47. The molecule has 0 N–H and O–H groups in total. The van der Waals surface area contributed by atoms with Crippen molar-refractivity contribution in [2.24, 2.45) is 5.92 Å². The van der Waals surface area contributed by atoms with Crippen molar-refractivity contribution in [2.75, 3.05) is 13.2 Å². The minimum absolute atomic E-state index is 0.277. The molecule has 4 heteroatoms. The smallest absolute Gasteiger partial charge is 0.194 e. The average molecular weight is 284 g/mol. The Morgan fingerprint density at radius 2 is 1.90 bits per heavy atom. The molecule has 0 aliphatic heterocycles. The molecular formula is C16H22F2O2. The predicted molar refractivity (Wildman–Crippen MR) is 74.8 cm³/mol. The van der Waals surface area contributed by atoms with Crippen molar-refractivity contribution >= 4 is 5.78 Å². The molecule has 0 aliphatic rings. The number of carbonyl (C=O) groups excluding carboxylic acids is 1. The van der Waals surface area contributed by atoms with E-state index >= 15 is 0 Å². The van der Waals surface area contributed by atoms with Crippen LogP contribution in [0.3, 0.4) is 0 Å². The summed E-state index contributed by atoms with van der Waals surface area (Å²) >= 11 is 0. The SMILES string of the molecule is CCCCC(CC)COCC(=O)c1c(F)cccc1F. The molecule has 0 aliphatic carbocycles. The monoisotopic (exact) mass is 284 g/mol. The highest BCUT2D eigenvalue weighted by Crippen LogP contribution is 2.15. The molecule has 1 unspecified atom stereocenters. The normalized spacial score (nSPS) is 12.4. The van der Waals surface area contributed by atoms with Gasteiger partial charge in [-0.3, -0.25) is 4.79 Å².